The summed E-state index contributed by atoms with van der Waals surface area (Å²) in [6.45, 7) is 6.08. The highest BCUT2D eigenvalue weighted by Gasteiger charge is 2.43. The average Bonchev–Trinajstić information content (AvgIpc) is 2.17. The lowest BCUT2D eigenvalue weighted by atomic mass is 9.82. The molecule has 4 nitrogen and oxygen atoms in total. The SMILES string of the molecule is CC1C(=O)NC(C)(C)C(=O)N1CCC1CCC1. The van der Waals surface area contributed by atoms with Gasteiger partial charge in [0.25, 0.3) is 0 Å². The number of hydrogen-bond acceptors (Lipinski definition) is 2. The highest BCUT2D eigenvalue weighted by molar-refractivity contribution is 5.99. The average molecular weight is 238 g/mol. The first kappa shape index (κ1) is 12.4. The van der Waals surface area contributed by atoms with E-state index < -0.39 is 5.54 Å². The van der Waals surface area contributed by atoms with Crippen LogP contribution >= 0.6 is 0 Å². The molecule has 0 bridgehead atoms. The van der Waals surface area contributed by atoms with Crippen molar-refractivity contribution >= 4 is 11.8 Å². The van der Waals surface area contributed by atoms with E-state index in [1.807, 2.05) is 6.92 Å². The molecule has 0 aromatic rings. The number of nitrogens with one attached hydrogen (secondary N) is 1. The Morgan fingerprint density at radius 3 is 2.53 bits per heavy atom. The van der Waals surface area contributed by atoms with Gasteiger partial charge in [-0.2, -0.15) is 0 Å². The molecule has 1 aliphatic heterocycles. The second-order valence-electron chi connectivity index (χ2n) is 5.87. The molecule has 2 aliphatic rings. The fraction of sp³-hybridized carbons (Fsp3) is 0.846. The first-order chi connectivity index (χ1) is 7.92. The molecule has 96 valence electrons. The third-order valence-corrected chi connectivity index (χ3v) is 4.08. The molecule has 0 radical (unpaired) electrons. The molecule has 1 N–H and O–H groups in total. The maximum Gasteiger partial charge on any atom is 0.248 e. The van der Waals surface area contributed by atoms with Crippen LogP contribution in [0, 0.1) is 5.92 Å². The van der Waals surface area contributed by atoms with Crippen LogP contribution in [0.5, 0.6) is 0 Å². The summed E-state index contributed by atoms with van der Waals surface area (Å²) in [5.41, 5.74) is -0.747. The van der Waals surface area contributed by atoms with Gasteiger partial charge in [-0.3, -0.25) is 9.59 Å². The van der Waals surface area contributed by atoms with Gasteiger partial charge in [-0.1, -0.05) is 19.3 Å². The highest BCUT2D eigenvalue weighted by atomic mass is 16.2. The quantitative estimate of drug-likeness (QED) is 0.805. The summed E-state index contributed by atoms with van der Waals surface area (Å²) in [5.74, 6) is 0.773. The van der Waals surface area contributed by atoms with Crippen molar-refractivity contribution in [2.45, 2.75) is 58.0 Å². The lowest BCUT2D eigenvalue weighted by Gasteiger charge is -2.42. The van der Waals surface area contributed by atoms with Gasteiger partial charge in [-0.25, -0.2) is 0 Å². The van der Waals surface area contributed by atoms with E-state index in [0.717, 1.165) is 18.9 Å². The molecule has 0 aromatic carbocycles. The van der Waals surface area contributed by atoms with Crippen molar-refractivity contribution in [2.24, 2.45) is 5.92 Å². The van der Waals surface area contributed by atoms with E-state index in [9.17, 15) is 9.59 Å². The molecular weight excluding hydrogens is 216 g/mol. The largest absolute Gasteiger partial charge is 0.340 e. The van der Waals surface area contributed by atoms with Crippen LogP contribution in [0.1, 0.15) is 46.5 Å². The maximum atomic E-state index is 12.2. The molecule has 2 fully saturated rings. The van der Waals surface area contributed by atoms with Crippen molar-refractivity contribution in [2.75, 3.05) is 6.54 Å². The topological polar surface area (TPSA) is 49.4 Å². The van der Waals surface area contributed by atoms with Gasteiger partial charge < -0.3 is 10.2 Å². The maximum absolute atomic E-state index is 12.2. The Balaban J connectivity index is 2.00. The van der Waals surface area contributed by atoms with Gasteiger partial charge in [0, 0.05) is 6.54 Å². The summed E-state index contributed by atoms with van der Waals surface area (Å²) in [6.07, 6.45) is 4.93. The highest BCUT2D eigenvalue weighted by Crippen LogP contribution is 2.30. The lowest BCUT2D eigenvalue weighted by molar-refractivity contribution is -0.153. The van der Waals surface area contributed by atoms with Crippen LogP contribution in [0.2, 0.25) is 0 Å². The summed E-state index contributed by atoms with van der Waals surface area (Å²) in [6, 6.07) is -0.324. The van der Waals surface area contributed by atoms with E-state index in [2.05, 4.69) is 5.32 Å². The number of hydrogen-bond donors (Lipinski definition) is 1. The van der Waals surface area contributed by atoms with Gasteiger partial charge in [0.1, 0.15) is 11.6 Å². The molecule has 4 heteroatoms. The minimum absolute atomic E-state index is 0.0387. The summed E-state index contributed by atoms with van der Waals surface area (Å²) in [4.78, 5) is 25.8. The Morgan fingerprint density at radius 2 is 2.00 bits per heavy atom. The normalized spacial score (nSPS) is 28.9. The summed E-state index contributed by atoms with van der Waals surface area (Å²) in [5, 5.41) is 2.77. The predicted molar refractivity (Wildman–Crippen MR) is 65.4 cm³/mol. The molecule has 0 aromatic heterocycles. The van der Waals surface area contributed by atoms with Crippen LogP contribution in [-0.2, 0) is 9.59 Å². The van der Waals surface area contributed by atoms with E-state index in [-0.39, 0.29) is 17.9 Å². The Kier molecular flexibility index (Phi) is 3.15. The summed E-state index contributed by atoms with van der Waals surface area (Å²) in [7, 11) is 0. The fourth-order valence-corrected chi connectivity index (χ4v) is 2.54. The third-order valence-electron chi connectivity index (χ3n) is 4.08. The monoisotopic (exact) mass is 238 g/mol. The Bertz CT molecular complexity index is 334. The molecule has 1 heterocycles. The van der Waals surface area contributed by atoms with Gasteiger partial charge in [0.2, 0.25) is 11.8 Å². The zero-order valence-corrected chi connectivity index (χ0v) is 11.0. The van der Waals surface area contributed by atoms with Crippen LogP contribution in [0.25, 0.3) is 0 Å². The molecular formula is C13H22N2O2. The zero-order chi connectivity index (χ0) is 12.6. The number of carbonyl (C=O) groups is 2. The van der Waals surface area contributed by atoms with Crippen LogP contribution in [0.4, 0.5) is 0 Å². The molecule has 2 rings (SSSR count). The second kappa shape index (κ2) is 4.31. The Morgan fingerprint density at radius 1 is 1.35 bits per heavy atom. The summed E-state index contributed by atoms with van der Waals surface area (Å²) >= 11 is 0. The number of carbonyl (C=O) groups excluding carboxylic acids is 2. The molecule has 1 aliphatic carbocycles. The fourth-order valence-electron chi connectivity index (χ4n) is 2.54. The number of nitrogens with zero attached hydrogens (tertiary/aromatic N) is 1. The van der Waals surface area contributed by atoms with Crippen LogP contribution in [0.3, 0.4) is 0 Å². The van der Waals surface area contributed by atoms with Gasteiger partial charge in [0.05, 0.1) is 0 Å². The van der Waals surface area contributed by atoms with E-state index >= 15 is 0 Å². The molecule has 2 amide bonds. The van der Waals surface area contributed by atoms with E-state index in [1.165, 1.54) is 19.3 Å². The number of piperazine rings is 1. The molecule has 17 heavy (non-hydrogen) atoms. The number of rotatable bonds is 3. The minimum Gasteiger partial charge on any atom is -0.340 e. The van der Waals surface area contributed by atoms with Gasteiger partial charge in [0.15, 0.2) is 0 Å². The predicted octanol–water partition coefficient (Wildman–Crippen LogP) is 1.30. The van der Waals surface area contributed by atoms with E-state index in [0.29, 0.717) is 0 Å². The molecule has 1 saturated carbocycles. The van der Waals surface area contributed by atoms with Crippen molar-refractivity contribution in [3.8, 4) is 0 Å². The van der Waals surface area contributed by atoms with Crippen molar-refractivity contribution < 1.29 is 9.59 Å². The van der Waals surface area contributed by atoms with E-state index in [1.54, 1.807) is 18.7 Å². The van der Waals surface area contributed by atoms with Gasteiger partial charge >= 0.3 is 0 Å². The second-order valence-corrected chi connectivity index (χ2v) is 5.87. The van der Waals surface area contributed by atoms with Crippen LogP contribution in [0.15, 0.2) is 0 Å². The molecule has 1 saturated heterocycles. The third kappa shape index (κ3) is 2.31. The van der Waals surface area contributed by atoms with Gasteiger partial charge in [-0.05, 0) is 33.1 Å². The first-order valence-electron chi connectivity index (χ1n) is 6.55. The lowest BCUT2D eigenvalue weighted by Crippen LogP contribution is -2.67. The zero-order valence-electron chi connectivity index (χ0n) is 11.0. The molecule has 1 unspecified atom stereocenters. The van der Waals surface area contributed by atoms with Crippen molar-refractivity contribution in [1.82, 2.24) is 10.2 Å². The first-order valence-corrected chi connectivity index (χ1v) is 6.55. The Hall–Kier alpha value is -1.06. The Labute approximate surface area is 103 Å². The molecule has 0 spiro atoms. The summed E-state index contributed by atoms with van der Waals surface area (Å²) < 4.78 is 0. The standard InChI is InChI=1S/C13H22N2O2/c1-9-11(16)14-13(2,3)12(17)15(9)8-7-10-5-4-6-10/h9-10H,4-8H2,1-3H3,(H,14,16). The van der Waals surface area contributed by atoms with Gasteiger partial charge in [-0.15, -0.1) is 0 Å². The van der Waals surface area contributed by atoms with Crippen molar-refractivity contribution in [1.29, 1.82) is 0 Å². The van der Waals surface area contributed by atoms with Crippen LogP contribution < -0.4 is 5.32 Å². The smallest absolute Gasteiger partial charge is 0.248 e. The van der Waals surface area contributed by atoms with Crippen molar-refractivity contribution in [3.63, 3.8) is 0 Å². The van der Waals surface area contributed by atoms with Crippen molar-refractivity contribution in [3.05, 3.63) is 0 Å². The molecule has 1 atom stereocenters. The van der Waals surface area contributed by atoms with Crippen LogP contribution in [-0.4, -0.2) is 34.8 Å². The minimum atomic E-state index is -0.747. The van der Waals surface area contributed by atoms with E-state index in [4.69, 9.17) is 0 Å². The number of amides is 2.